The number of nitrogens with zero attached hydrogens (tertiary/aromatic N) is 3. The van der Waals surface area contributed by atoms with E-state index in [9.17, 15) is 4.79 Å². The van der Waals surface area contributed by atoms with Gasteiger partial charge >= 0.3 is 0 Å². The Morgan fingerprint density at radius 2 is 2.08 bits per heavy atom. The second-order valence-corrected chi connectivity index (χ2v) is 5.72. The number of amides is 1. The molecule has 0 unspecified atom stereocenters. The van der Waals surface area contributed by atoms with E-state index in [-0.39, 0.29) is 16.9 Å². The van der Waals surface area contributed by atoms with Crippen LogP contribution in [0, 0.1) is 6.92 Å². The Balaban J connectivity index is 2.17. The quantitative estimate of drug-likeness (QED) is 0.646. The van der Waals surface area contributed by atoms with Gasteiger partial charge in [-0.1, -0.05) is 6.07 Å². The van der Waals surface area contributed by atoms with E-state index in [1.165, 1.54) is 11.2 Å². The van der Waals surface area contributed by atoms with E-state index in [1.54, 1.807) is 24.4 Å². The highest BCUT2D eigenvalue weighted by Crippen LogP contribution is 2.15. The van der Waals surface area contributed by atoms with Gasteiger partial charge in [-0.05, 0) is 56.8 Å². The number of nitrogens with two attached hydrogens (primary N) is 1. The molecular weight excluding hydrogens is 326 g/mol. The third-order valence-corrected chi connectivity index (χ3v) is 3.15. The Morgan fingerprint density at radius 3 is 2.62 bits per heavy atom. The van der Waals surface area contributed by atoms with Crippen LogP contribution >= 0.6 is 12.2 Å². The van der Waals surface area contributed by atoms with E-state index in [1.807, 2.05) is 26.8 Å². The number of aromatic nitrogens is 2. The molecule has 0 aliphatic heterocycles. The number of hydrazine groups is 1. The summed E-state index contributed by atoms with van der Waals surface area (Å²) in [5.41, 5.74) is 9.35. The fourth-order valence-electron chi connectivity index (χ4n) is 1.94. The molecule has 2 rings (SSSR count). The summed E-state index contributed by atoms with van der Waals surface area (Å²) in [6, 6.07) is 6.87. The summed E-state index contributed by atoms with van der Waals surface area (Å²) in [4.78, 5) is 20.7. The summed E-state index contributed by atoms with van der Waals surface area (Å²) in [6.45, 7) is 5.67. The van der Waals surface area contributed by atoms with Gasteiger partial charge in [-0.25, -0.2) is 15.0 Å². The van der Waals surface area contributed by atoms with Gasteiger partial charge in [0.2, 0.25) is 0 Å². The van der Waals surface area contributed by atoms with Crippen molar-refractivity contribution in [3.8, 4) is 5.75 Å². The number of hydrogen-bond acceptors (Lipinski definition) is 5. The number of carbonyl (C=O) groups is 1. The Labute approximate surface area is 145 Å². The van der Waals surface area contributed by atoms with Crippen molar-refractivity contribution >= 4 is 29.1 Å². The zero-order valence-corrected chi connectivity index (χ0v) is 14.5. The molecule has 24 heavy (non-hydrogen) atoms. The van der Waals surface area contributed by atoms with E-state index < -0.39 is 5.91 Å². The van der Waals surface area contributed by atoms with Gasteiger partial charge in [0, 0.05) is 6.20 Å². The molecule has 0 bridgehead atoms. The highest BCUT2D eigenvalue weighted by atomic mass is 32.1. The topological polar surface area (TPSA) is 93.4 Å². The first kappa shape index (κ1) is 17.6. The first-order valence-electron chi connectivity index (χ1n) is 7.33. The van der Waals surface area contributed by atoms with Crippen LogP contribution in [0.5, 0.6) is 5.75 Å². The van der Waals surface area contributed by atoms with Gasteiger partial charge in [-0.3, -0.25) is 10.2 Å². The molecule has 0 spiro atoms. The lowest BCUT2D eigenvalue weighted by Crippen LogP contribution is -2.50. The number of thiocarbonyl (C=S) groups is 1. The number of nitrogens with one attached hydrogen (secondary N) is 1. The molecule has 2 heterocycles. The maximum atomic E-state index is 12.4. The predicted octanol–water partition coefficient (Wildman–Crippen LogP) is 1.97. The monoisotopic (exact) mass is 345 g/mol. The molecule has 0 saturated carbocycles. The zero-order valence-electron chi connectivity index (χ0n) is 13.7. The fourth-order valence-corrected chi connectivity index (χ4v) is 2.07. The standard InChI is InChI=1S/C16H19N5O2S/c1-10(2)23-12-6-7-13(19-9-12)15(22)20-21(16(17)24)14-11(3)5-4-8-18-14/h4-10H,1-3H3,(H2,17,24)(H,20,22). The number of hydrogen-bond donors (Lipinski definition) is 2. The second kappa shape index (κ2) is 7.69. The summed E-state index contributed by atoms with van der Waals surface area (Å²) in [7, 11) is 0. The summed E-state index contributed by atoms with van der Waals surface area (Å²) >= 11 is 5.00. The van der Waals surface area contributed by atoms with Crippen LogP contribution in [0.25, 0.3) is 0 Å². The summed E-state index contributed by atoms with van der Waals surface area (Å²) < 4.78 is 5.50. The highest BCUT2D eigenvalue weighted by Gasteiger charge is 2.18. The lowest BCUT2D eigenvalue weighted by Gasteiger charge is -2.23. The number of ether oxygens (including phenoxy) is 1. The van der Waals surface area contributed by atoms with E-state index in [0.717, 1.165) is 5.56 Å². The maximum Gasteiger partial charge on any atom is 0.288 e. The van der Waals surface area contributed by atoms with E-state index in [0.29, 0.717) is 11.6 Å². The van der Waals surface area contributed by atoms with Gasteiger partial charge in [0.05, 0.1) is 12.3 Å². The Kier molecular flexibility index (Phi) is 5.64. The first-order valence-corrected chi connectivity index (χ1v) is 7.74. The third kappa shape index (κ3) is 4.39. The molecule has 8 heteroatoms. The van der Waals surface area contributed by atoms with Crippen LogP contribution in [0.2, 0.25) is 0 Å². The van der Waals surface area contributed by atoms with E-state index in [2.05, 4.69) is 15.4 Å². The molecule has 1 amide bonds. The lowest BCUT2D eigenvalue weighted by atomic mass is 10.3. The molecule has 126 valence electrons. The average Bonchev–Trinajstić information content (AvgIpc) is 2.53. The van der Waals surface area contributed by atoms with Crippen molar-refractivity contribution in [1.29, 1.82) is 0 Å². The van der Waals surface area contributed by atoms with Gasteiger partial charge in [0.15, 0.2) is 10.9 Å². The number of aryl methyl sites for hydroxylation is 1. The van der Waals surface area contributed by atoms with Crippen molar-refractivity contribution in [3.63, 3.8) is 0 Å². The first-order chi connectivity index (χ1) is 11.4. The van der Waals surface area contributed by atoms with Crippen molar-refractivity contribution in [1.82, 2.24) is 15.4 Å². The van der Waals surface area contributed by atoms with E-state index in [4.69, 9.17) is 22.7 Å². The molecule has 0 aromatic carbocycles. The number of rotatable bonds is 4. The molecule has 3 N–H and O–H groups in total. The molecular formula is C16H19N5O2S. The zero-order chi connectivity index (χ0) is 17.7. The number of pyridine rings is 2. The molecule has 2 aromatic rings. The Hall–Kier alpha value is -2.74. The van der Waals surface area contributed by atoms with Crippen LogP contribution in [0.4, 0.5) is 5.82 Å². The Morgan fingerprint density at radius 1 is 1.33 bits per heavy atom. The average molecular weight is 345 g/mol. The van der Waals surface area contributed by atoms with Gasteiger partial charge < -0.3 is 10.5 Å². The molecule has 0 radical (unpaired) electrons. The molecule has 0 saturated heterocycles. The number of carbonyl (C=O) groups excluding carboxylic acids is 1. The Bertz CT molecular complexity index is 734. The maximum absolute atomic E-state index is 12.4. The normalized spacial score (nSPS) is 10.3. The summed E-state index contributed by atoms with van der Waals surface area (Å²) in [6.07, 6.45) is 3.12. The molecule has 0 fully saturated rings. The van der Waals surface area contributed by atoms with Crippen LogP contribution in [0.15, 0.2) is 36.7 Å². The van der Waals surface area contributed by atoms with Gasteiger partial charge in [-0.2, -0.15) is 0 Å². The lowest BCUT2D eigenvalue weighted by molar-refractivity contribution is 0.0949. The minimum Gasteiger partial charge on any atom is -0.489 e. The minimum absolute atomic E-state index is 0.0232. The van der Waals surface area contributed by atoms with Crippen molar-refractivity contribution in [3.05, 3.63) is 47.9 Å². The second-order valence-electron chi connectivity index (χ2n) is 5.30. The molecule has 0 aliphatic carbocycles. The molecule has 0 atom stereocenters. The van der Waals surface area contributed by atoms with Gasteiger partial charge in [0.1, 0.15) is 11.4 Å². The van der Waals surface area contributed by atoms with Crippen LogP contribution in [0.3, 0.4) is 0 Å². The van der Waals surface area contributed by atoms with Crippen molar-refractivity contribution < 1.29 is 9.53 Å². The van der Waals surface area contributed by atoms with Crippen molar-refractivity contribution in [2.45, 2.75) is 26.9 Å². The molecule has 7 nitrogen and oxygen atoms in total. The summed E-state index contributed by atoms with van der Waals surface area (Å²) in [5.74, 6) is 0.593. The largest absolute Gasteiger partial charge is 0.489 e. The third-order valence-electron chi connectivity index (χ3n) is 2.97. The minimum atomic E-state index is -0.455. The molecule has 0 aliphatic rings. The number of anilines is 1. The fraction of sp³-hybridized carbons (Fsp3) is 0.250. The smallest absolute Gasteiger partial charge is 0.288 e. The van der Waals surface area contributed by atoms with E-state index >= 15 is 0 Å². The van der Waals surface area contributed by atoms with Gasteiger partial charge in [0.25, 0.3) is 5.91 Å². The van der Waals surface area contributed by atoms with Gasteiger partial charge in [-0.15, -0.1) is 0 Å². The van der Waals surface area contributed by atoms with Crippen molar-refractivity contribution in [2.24, 2.45) is 5.73 Å². The van der Waals surface area contributed by atoms with Crippen LogP contribution in [0.1, 0.15) is 29.9 Å². The summed E-state index contributed by atoms with van der Waals surface area (Å²) in [5, 5.41) is 1.23. The van der Waals surface area contributed by atoms with Crippen LogP contribution in [-0.4, -0.2) is 27.1 Å². The predicted molar refractivity (Wildman–Crippen MR) is 95.7 cm³/mol. The molecule has 2 aromatic heterocycles. The van der Waals surface area contributed by atoms with Crippen molar-refractivity contribution in [2.75, 3.05) is 5.01 Å². The highest BCUT2D eigenvalue weighted by molar-refractivity contribution is 7.80. The SMILES string of the molecule is Cc1cccnc1N(NC(=O)c1ccc(OC(C)C)cn1)C(N)=S. The van der Waals surface area contributed by atoms with Crippen LogP contribution < -0.4 is 20.9 Å². The van der Waals surface area contributed by atoms with Crippen LogP contribution in [-0.2, 0) is 0 Å².